The van der Waals surface area contributed by atoms with Gasteiger partial charge in [-0.15, -0.1) is 11.3 Å². The molecule has 1 amide bonds. The van der Waals surface area contributed by atoms with E-state index >= 15 is 0 Å². The molecule has 1 saturated heterocycles. The quantitative estimate of drug-likeness (QED) is 0.941. The fourth-order valence-electron chi connectivity index (χ4n) is 2.22. The predicted octanol–water partition coefficient (Wildman–Crippen LogP) is 2.85. The number of anilines is 1. The summed E-state index contributed by atoms with van der Waals surface area (Å²) in [6.45, 7) is 0.676. The molecule has 0 spiro atoms. The summed E-state index contributed by atoms with van der Waals surface area (Å²) in [5.74, 6) is -0.0805. The molecule has 1 aromatic heterocycles. The van der Waals surface area contributed by atoms with E-state index in [0.717, 1.165) is 25.0 Å². The standard InChI is InChI=1S/C15H16N2O2S/c18-14(13-7-4-8-19-13)17-15-16-12(10-20-15)9-11-5-2-1-3-6-11/h1-3,5-6,10,13H,4,7-9H2,(H,16,17,18)/t13-/m0/s1. The molecule has 2 heterocycles. The number of carbonyl (C=O) groups excluding carboxylic acids is 1. The van der Waals surface area contributed by atoms with Crippen molar-refractivity contribution in [3.63, 3.8) is 0 Å². The normalized spacial score (nSPS) is 18.1. The van der Waals surface area contributed by atoms with Crippen LogP contribution in [0.15, 0.2) is 35.7 Å². The van der Waals surface area contributed by atoms with Gasteiger partial charge in [-0.2, -0.15) is 0 Å². The highest BCUT2D eigenvalue weighted by atomic mass is 32.1. The van der Waals surface area contributed by atoms with E-state index in [4.69, 9.17) is 4.74 Å². The van der Waals surface area contributed by atoms with E-state index in [2.05, 4.69) is 22.4 Å². The fraction of sp³-hybridized carbons (Fsp3) is 0.333. The monoisotopic (exact) mass is 288 g/mol. The number of hydrogen-bond donors (Lipinski definition) is 1. The molecule has 104 valence electrons. The summed E-state index contributed by atoms with van der Waals surface area (Å²) >= 11 is 1.46. The number of nitrogens with zero attached hydrogens (tertiary/aromatic N) is 1. The highest BCUT2D eigenvalue weighted by Gasteiger charge is 2.24. The maximum atomic E-state index is 11.9. The van der Waals surface area contributed by atoms with Crippen molar-refractivity contribution in [2.45, 2.75) is 25.4 Å². The number of amides is 1. The van der Waals surface area contributed by atoms with E-state index < -0.39 is 0 Å². The summed E-state index contributed by atoms with van der Waals surface area (Å²) in [5, 5.41) is 5.47. The van der Waals surface area contributed by atoms with Crippen molar-refractivity contribution in [2.75, 3.05) is 11.9 Å². The fourth-order valence-corrected chi connectivity index (χ4v) is 2.93. The minimum absolute atomic E-state index is 0.0805. The molecule has 0 unspecified atom stereocenters. The number of hydrogen-bond acceptors (Lipinski definition) is 4. The molecule has 1 N–H and O–H groups in total. The van der Waals surface area contributed by atoms with Gasteiger partial charge in [0.05, 0.1) is 5.69 Å². The molecule has 0 saturated carbocycles. The SMILES string of the molecule is O=C(Nc1nc(Cc2ccccc2)cs1)[C@@H]1CCCO1. The van der Waals surface area contributed by atoms with Crippen molar-refractivity contribution in [2.24, 2.45) is 0 Å². The Balaban J connectivity index is 1.60. The summed E-state index contributed by atoms with van der Waals surface area (Å²) in [6.07, 6.45) is 2.23. The molecule has 4 nitrogen and oxygen atoms in total. The first-order valence-electron chi connectivity index (χ1n) is 6.72. The molecule has 3 rings (SSSR count). The first-order valence-corrected chi connectivity index (χ1v) is 7.60. The van der Waals surface area contributed by atoms with Crippen molar-refractivity contribution < 1.29 is 9.53 Å². The average Bonchev–Trinajstić information content (AvgIpc) is 3.11. The largest absolute Gasteiger partial charge is 0.368 e. The van der Waals surface area contributed by atoms with Gasteiger partial charge in [-0.25, -0.2) is 4.98 Å². The predicted molar refractivity (Wildman–Crippen MR) is 79.0 cm³/mol. The Kier molecular flexibility index (Phi) is 4.08. The minimum atomic E-state index is -0.309. The van der Waals surface area contributed by atoms with Crippen LogP contribution in [0.5, 0.6) is 0 Å². The molecule has 1 aliphatic heterocycles. The van der Waals surface area contributed by atoms with Gasteiger partial charge in [0.15, 0.2) is 5.13 Å². The molecule has 1 aliphatic rings. The lowest BCUT2D eigenvalue weighted by atomic mass is 10.1. The smallest absolute Gasteiger partial charge is 0.255 e. The number of aromatic nitrogens is 1. The minimum Gasteiger partial charge on any atom is -0.368 e. The van der Waals surface area contributed by atoms with Crippen molar-refractivity contribution in [1.29, 1.82) is 0 Å². The maximum absolute atomic E-state index is 11.9. The topological polar surface area (TPSA) is 51.2 Å². The highest BCUT2D eigenvalue weighted by Crippen LogP contribution is 2.20. The molecule has 2 aromatic rings. The third-order valence-corrected chi connectivity index (χ3v) is 4.04. The number of thiazole rings is 1. The van der Waals surface area contributed by atoms with E-state index in [1.54, 1.807) is 0 Å². The number of nitrogens with one attached hydrogen (secondary N) is 1. The Morgan fingerprint density at radius 1 is 1.40 bits per heavy atom. The Morgan fingerprint density at radius 3 is 3.00 bits per heavy atom. The van der Waals surface area contributed by atoms with E-state index in [1.165, 1.54) is 16.9 Å². The second-order valence-electron chi connectivity index (χ2n) is 4.80. The lowest BCUT2D eigenvalue weighted by Crippen LogP contribution is -2.26. The van der Waals surface area contributed by atoms with Crippen LogP contribution in [-0.2, 0) is 16.0 Å². The molecular weight excluding hydrogens is 272 g/mol. The zero-order chi connectivity index (χ0) is 13.8. The molecule has 5 heteroatoms. The zero-order valence-electron chi connectivity index (χ0n) is 11.0. The Hall–Kier alpha value is -1.72. The third kappa shape index (κ3) is 3.23. The number of ether oxygens (including phenoxy) is 1. The summed E-state index contributed by atoms with van der Waals surface area (Å²) in [7, 11) is 0. The van der Waals surface area contributed by atoms with Crippen LogP contribution >= 0.6 is 11.3 Å². The van der Waals surface area contributed by atoms with Crippen molar-refractivity contribution in [3.8, 4) is 0 Å². The Morgan fingerprint density at radius 2 is 2.25 bits per heavy atom. The molecule has 20 heavy (non-hydrogen) atoms. The molecule has 0 radical (unpaired) electrons. The van der Waals surface area contributed by atoms with Gasteiger partial charge in [-0.3, -0.25) is 10.1 Å². The molecule has 0 bridgehead atoms. The van der Waals surface area contributed by atoms with Crippen LogP contribution in [0, 0.1) is 0 Å². The van der Waals surface area contributed by atoms with Gasteiger partial charge >= 0.3 is 0 Å². The number of rotatable bonds is 4. The molecule has 1 fully saturated rings. The second kappa shape index (κ2) is 6.15. The Bertz CT molecular complexity index is 577. The van der Waals surface area contributed by atoms with Gasteiger partial charge in [0, 0.05) is 18.4 Å². The lowest BCUT2D eigenvalue weighted by molar-refractivity contribution is -0.124. The summed E-state index contributed by atoms with van der Waals surface area (Å²) in [6, 6.07) is 10.2. The highest BCUT2D eigenvalue weighted by molar-refractivity contribution is 7.13. The van der Waals surface area contributed by atoms with Crippen molar-refractivity contribution in [1.82, 2.24) is 4.98 Å². The Labute approximate surface area is 121 Å². The first kappa shape index (κ1) is 13.3. The van der Waals surface area contributed by atoms with E-state index in [0.29, 0.717) is 11.7 Å². The number of carbonyl (C=O) groups is 1. The lowest BCUT2D eigenvalue weighted by Gasteiger charge is -2.07. The van der Waals surface area contributed by atoms with Crippen LogP contribution in [-0.4, -0.2) is 23.6 Å². The van der Waals surface area contributed by atoms with Crippen LogP contribution in [0.3, 0.4) is 0 Å². The van der Waals surface area contributed by atoms with E-state index in [-0.39, 0.29) is 12.0 Å². The zero-order valence-corrected chi connectivity index (χ0v) is 11.9. The van der Waals surface area contributed by atoms with Crippen molar-refractivity contribution in [3.05, 3.63) is 47.0 Å². The molecule has 0 aliphatic carbocycles. The van der Waals surface area contributed by atoms with Crippen molar-refractivity contribution >= 4 is 22.4 Å². The van der Waals surface area contributed by atoms with Crippen LogP contribution in [0.1, 0.15) is 24.1 Å². The maximum Gasteiger partial charge on any atom is 0.255 e. The van der Waals surface area contributed by atoms with E-state index in [9.17, 15) is 4.79 Å². The first-order chi connectivity index (χ1) is 9.81. The van der Waals surface area contributed by atoms with Crippen LogP contribution in [0.4, 0.5) is 5.13 Å². The second-order valence-corrected chi connectivity index (χ2v) is 5.66. The summed E-state index contributed by atoms with van der Waals surface area (Å²) in [4.78, 5) is 16.4. The summed E-state index contributed by atoms with van der Waals surface area (Å²) in [5.41, 5.74) is 2.19. The molecule has 1 atom stereocenters. The average molecular weight is 288 g/mol. The van der Waals surface area contributed by atoms with Gasteiger partial charge in [0.1, 0.15) is 6.10 Å². The molecular formula is C15H16N2O2S. The van der Waals surface area contributed by atoms with Crippen LogP contribution in [0.2, 0.25) is 0 Å². The van der Waals surface area contributed by atoms with Gasteiger partial charge in [0.2, 0.25) is 0 Å². The van der Waals surface area contributed by atoms with Gasteiger partial charge in [-0.05, 0) is 18.4 Å². The van der Waals surface area contributed by atoms with Gasteiger partial charge in [-0.1, -0.05) is 30.3 Å². The third-order valence-electron chi connectivity index (χ3n) is 3.23. The van der Waals surface area contributed by atoms with E-state index in [1.807, 2.05) is 23.6 Å². The van der Waals surface area contributed by atoms with Crippen LogP contribution < -0.4 is 5.32 Å². The number of benzene rings is 1. The van der Waals surface area contributed by atoms with Crippen LogP contribution in [0.25, 0.3) is 0 Å². The van der Waals surface area contributed by atoms with Gasteiger partial charge in [0.25, 0.3) is 5.91 Å². The summed E-state index contributed by atoms with van der Waals surface area (Å²) < 4.78 is 5.35. The van der Waals surface area contributed by atoms with Gasteiger partial charge < -0.3 is 4.74 Å². The molecule has 1 aromatic carbocycles.